The molecule has 0 radical (unpaired) electrons. The van der Waals surface area contributed by atoms with Crippen molar-refractivity contribution in [2.24, 2.45) is 0 Å². The van der Waals surface area contributed by atoms with Gasteiger partial charge in [0, 0.05) is 11.6 Å². The van der Waals surface area contributed by atoms with Gasteiger partial charge in [0.1, 0.15) is 5.82 Å². The number of benzene rings is 2. The fourth-order valence-electron chi connectivity index (χ4n) is 2.56. The maximum Gasteiger partial charge on any atom is 0.200 e. The lowest BCUT2D eigenvalue weighted by molar-refractivity contribution is 0.0918. The van der Waals surface area contributed by atoms with Crippen molar-refractivity contribution in [1.29, 1.82) is 0 Å². The predicted molar refractivity (Wildman–Crippen MR) is 74.7 cm³/mol. The third kappa shape index (κ3) is 2.94. The third-order valence-electron chi connectivity index (χ3n) is 3.67. The van der Waals surface area contributed by atoms with Crippen molar-refractivity contribution in [2.45, 2.75) is 19.3 Å². The second-order valence-electron chi connectivity index (χ2n) is 5.12. The van der Waals surface area contributed by atoms with Crippen LogP contribution in [0.3, 0.4) is 0 Å². The molecule has 0 aliphatic heterocycles. The molecule has 0 aromatic heterocycles. The number of carbonyl (C=O) groups is 1. The van der Waals surface area contributed by atoms with Gasteiger partial charge in [0.25, 0.3) is 0 Å². The van der Waals surface area contributed by atoms with Gasteiger partial charge >= 0.3 is 0 Å². The van der Waals surface area contributed by atoms with Gasteiger partial charge in [-0.1, -0.05) is 12.1 Å². The number of fused-ring (bicyclic) bond motifs is 1. The largest absolute Gasteiger partial charge is 0.482 e. The Kier molecular flexibility index (Phi) is 3.69. The molecule has 4 heteroatoms. The molecule has 0 unspecified atom stereocenters. The number of aryl methyl sites for hydroxylation is 2. The van der Waals surface area contributed by atoms with Crippen LogP contribution < -0.4 is 4.74 Å². The lowest BCUT2D eigenvalue weighted by Crippen LogP contribution is -2.12. The van der Waals surface area contributed by atoms with E-state index in [9.17, 15) is 13.6 Å². The highest BCUT2D eigenvalue weighted by atomic mass is 19.1. The van der Waals surface area contributed by atoms with Crippen LogP contribution in [0.15, 0.2) is 36.4 Å². The first-order chi connectivity index (χ1) is 10.1. The summed E-state index contributed by atoms with van der Waals surface area (Å²) in [5.74, 6) is -1.82. The van der Waals surface area contributed by atoms with Crippen molar-refractivity contribution in [3.8, 4) is 5.75 Å². The Morgan fingerprint density at radius 3 is 2.67 bits per heavy atom. The predicted octanol–water partition coefficient (Wildman–Crippen LogP) is 3.72. The second kappa shape index (κ2) is 5.64. The monoisotopic (exact) mass is 288 g/mol. The summed E-state index contributed by atoms with van der Waals surface area (Å²) in [6.07, 6.45) is 3.16. The van der Waals surface area contributed by atoms with E-state index in [2.05, 4.69) is 0 Å². The second-order valence-corrected chi connectivity index (χ2v) is 5.12. The van der Waals surface area contributed by atoms with E-state index in [1.54, 1.807) is 6.07 Å². The summed E-state index contributed by atoms with van der Waals surface area (Å²) in [5, 5.41) is 0. The number of hydrogen-bond acceptors (Lipinski definition) is 2. The molecule has 0 fully saturated rings. The van der Waals surface area contributed by atoms with Gasteiger partial charge in [0.2, 0.25) is 0 Å². The molecule has 0 saturated heterocycles. The number of halogens is 2. The van der Waals surface area contributed by atoms with Gasteiger partial charge in [-0.2, -0.15) is 0 Å². The van der Waals surface area contributed by atoms with E-state index >= 15 is 0 Å². The van der Waals surface area contributed by atoms with E-state index in [0.717, 1.165) is 31.4 Å². The molecule has 0 spiro atoms. The van der Waals surface area contributed by atoms with Crippen LogP contribution >= 0.6 is 0 Å². The number of ether oxygens (including phenoxy) is 1. The Balaban J connectivity index is 1.69. The van der Waals surface area contributed by atoms with E-state index < -0.39 is 11.6 Å². The molecule has 21 heavy (non-hydrogen) atoms. The first kappa shape index (κ1) is 13.7. The fraction of sp³-hybridized carbons (Fsp3) is 0.235. The van der Waals surface area contributed by atoms with Crippen molar-refractivity contribution >= 4 is 5.78 Å². The molecule has 108 valence electrons. The third-order valence-corrected chi connectivity index (χ3v) is 3.67. The highest BCUT2D eigenvalue weighted by molar-refractivity contribution is 5.97. The fourth-order valence-corrected chi connectivity index (χ4v) is 2.56. The molecular formula is C17H14F2O2. The molecule has 3 rings (SSSR count). The van der Waals surface area contributed by atoms with Gasteiger partial charge in [0.15, 0.2) is 24.0 Å². The molecule has 2 aromatic carbocycles. The molecule has 1 aliphatic rings. The minimum atomic E-state index is -0.809. The number of rotatable bonds is 4. The van der Waals surface area contributed by atoms with E-state index in [1.165, 1.54) is 17.2 Å². The molecule has 0 bridgehead atoms. The molecular weight excluding hydrogens is 274 g/mol. The smallest absolute Gasteiger partial charge is 0.200 e. The van der Waals surface area contributed by atoms with Crippen molar-refractivity contribution in [3.63, 3.8) is 0 Å². The summed E-state index contributed by atoms with van der Waals surface area (Å²) < 4.78 is 31.3. The SMILES string of the molecule is O=C(COc1ccc(F)cc1F)c1ccc2c(c1)CCC2. The standard InChI is InChI=1S/C17H14F2O2/c18-14-6-7-17(15(19)9-14)21-10-16(20)13-5-4-11-2-1-3-12(11)8-13/h4-9H,1-3,10H2. The van der Waals surface area contributed by atoms with Crippen LogP contribution in [0.2, 0.25) is 0 Å². The van der Waals surface area contributed by atoms with Gasteiger partial charge < -0.3 is 4.74 Å². The summed E-state index contributed by atoms with van der Waals surface area (Å²) in [5.41, 5.74) is 3.06. The van der Waals surface area contributed by atoms with E-state index in [1.807, 2.05) is 12.1 Å². The van der Waals surface area contributed by atoms with Crippen molar-refractivity contribution in [2.75, 3.05) is 6.61 Å². The zero-order valence-electron chi connectivity index (χ0n) is 11.4. The molecule has 0 atom stereocenters. The van der Waals surface area contributed by atoms with Crippen LogP contribution in [0, 0.1) is 11.6 Å². The molecule has 0 amide bonds. The molecule has 2 nitrogen and oxygen atoms in total. The van der Waals surface area contributed by atoms with Crippen LogP contribution in [0.5, 0.6) is 5.75 Å². The Morgan fingerprint density at radius 1 is 1.05 bits per heavy atom. The minimum absolute atomic E-state index is 0.120. The Morgan fingerprint density at radius 2 is 1.86 bits per heavy atom. The average Bonchev–Trinajstić information content (AvgIpc) is 2.93. The van der Waals surface area contributed by atoms with E-state index in [-0.39, 0.29) is 18.1 Å². The number of carbonyl (C=O) groups excluding carboxylic acids is 1. The lowest BCUT2D eigenvalue weighted by atomic mass is 10.0. The average molecular weight is 288 g/mol. The molecule has 0 saturated carbocycles. The van der Waals surface area contributed by atoms with Gasteiger partial charge in [-0.15, -0.1) is 0 Å². The summed E-state index contributed by atoms with van der Waals surface area (Å²) in [4.78, 5) is 12.1. The van der Waals surface area contributed by atoms with Crippen LogP contribution in [0.25, 0.3) is 0 Å². The quantitative estimate of drug-likeness (QED) is 0.802. The lowest BCUT2D eigenvalue weighted by Gasteiger charge is -2.08. The van der Waals surface area contributed by atoms with Crippen LogP contribution in [-0.4, -0.2) is 12.4 Å². The van der Waals surface area contributed by atoms with Crippen molar-refractivity contribution < 1.29 is 18.3 Å². The summed E-state index contributed by atoms with van der Waals surface area (Å²) in [6.45, 7) is -0.263. The van der Waals surface area contributed by atoms with Gasteiger partial charge in [-0.25, -0.2) is 8.78 Å². The van der Waals surface area contributed by atoms with Crippen LogP contribution in [-0.2, 0) is 12.8 Å². The maximum absolute atomic E-state index is 13.4. The first-order valence-corrected chi connectivity index (χ1v) is 6.86. The summed E-state index contributed by atoms with van der Waals surface area (Å²) in [6, 6.07) is 8.63. The first-order valence-electron chi connectivity index (χ1n) is 6.86. The Hall–Kier alpha value is -2.23. The highest BCUT2D eigenvalue weighted by Gasteiger charge is 2.15. The van der Waals surface area contributed by atoms with Crippen molar-refractivity contribution in [3.05, 3.63) is 64.7 Å². The highest BCUT2D eigenvalue weighted by Crippen LogP contribution is 2.23. The molecule has 0 heterocycles. The summed E-state index contributed by atoms with van der Waals surface area (Å²) >= 11 is 0. The maximum atomic E-state index is 13.4. The van der Waals surface area contributed by atoms with Crippen molar-refractivity contribution in [1.82, 2.24) is 0 Å². The topological polar surface area (TPSA) is 26.3 Å². The van der Waals surface area contributed by atoms with Gasteiger partial charge in [-0.3, -0.25) is 4.79 Å². The van der Waals surface area contributed by atoms with Crippen LogP contribution in [0.1, 0.15) is 27.9 Å². The normalized spacial score (nSPS) is 13.0. The summed E-state index contributed by atoms with van der Waals surface area (Å²) in [7, 11) is 0. The van der Waals surface area contributed by atoms with E-state index in [0.29, 0.717) is 5.56 Å². The van der Waals surface area contributed by atoms with Gasteiger partial charge in [0.05, 0.1) is 0 Å². The Labute approximate surface area is 121 Å². The zero-order chi connectivity index (χ0) is 14.8. The van der Waals surface area contributed by atoms with Gasteiger partial charge in [-0.05, 0) is 48.6 Å². The molecule has 2 aromatic rings. The number of ketones is 1. The Bertz CT molecular complexity index is 695. The number of hydrogen-bond donors (Lipinski definition) is 0. The minimum Gasteiger partial charge on any atom is -0.482 e. The number of Topliss-reactive ketones (excluding diaryl/α,β-unsaturated/α-hetero) is 1. The van der Waals surface area contributed by atoms with Crippen LogP contribution in [0.4, 0.5) is 8.78 Å². The molecule has 0 N–H and O–H groups in total. The van der Waals surface area contributed by atoms with E-state index in [4.69, 9.17) is 4.74 Å². The molecule has 1 aliphatic carbocycles. The zero-order valence-corrected chi connectivity index (χ0v) is 11.4.